The maximum absolute atomic E-state index is 5.32. The van der Waals surface area contributed by atoms with E-state index in [1.807, 2.05) is 30.3 Å². The largest absolute Gasteiger partial charge is 0.309 e. The number of aromatic nitrogens is 6. The molecule has 6 nitrogen and oxygen atoms in total. The summed E-state index contributed by atoms with van der Waals surface area (Å²) in [6.45, 7) is 0. The van der Waals surface area contributed by atoms with Crippen LogP contribution in [0.1, 0.15) is 0 Å². The highest BCUT2D eigenvalue weighted by Gasteiger charge is 2.21. The van der Waals surface area contributed by atoms with Crippen LogP contribution in [0.15, 0.2) is 194 Å². The first-order valence-electron chi connectivity index (χ1n) is 19.6. The van der Waals surface area contributed by atoms with Crippen LogP contribution in [0.2, 0.25) is 0 Å². The van der Waals surface area contributed by atoms with Gasteiger partial charge < -0.3 is 4.57 Å². The second-order valence-corrected chi connectivity index (χ2v) is 15.8. The molecule has 4 aromatic heterocycles. The number of nitrogens with zero attached hydrogens (tertiary/aromatic N) is 6. The molecule has 0 aliphatic carbocycles. The average molecular weight is 773 g/mol. The summed E-state index contributed by atoms with van der Waals surface area (Å²) in [6.07, 6.45) is 0. The molecule has 0 fully saturated rings. The Morgan fingerprint density at radius 1 is 0.356 bits per heavy atom. The molecule has 276 valence electrons. The molecule has 0 aliphatic rings. The second-order valence-electron chi connectivity index (χ2n) is 14.7. The molecular weight excluding hydrogens is 741 g/mol. The lowest BCUT2D eigenvalue weighted by Gasteiger charge is -2.11. The van der Waals surface area contributed by atoms with Crippen LogP contribution >= 0.6 is 11.3 Å². The maximum atomic E-state index is 5.32. The normalized spacial score (nSPS) is 11.7. The number of rotatable bonds is 6. The average Bonchev–Trinajstić information content (AvgIpc) is 3.99. The summed E-state index contributed by atoms with van der Waals surface area (Å²) in [5.74, 6) is 2.77. The third-order valence-electron chi connectivity index (χ3n) is 11.2. The molecule has 0 radical (unpaired) electrons. The van der Waals surface area contributed by atoms with Gasteiger partial charge in [0.15, 0.2) is 17.5 Å². The molecule has 0 saturated heterocycles. The molecule has 4 heterocycles. The van der Waals surface area contributed by atoms with E-state index in [0.717, 1.165) is 72.3 Å². The van der Waals surface area contributed by atoms with Crippen molar-refractivity contribution in [2.45, 2.75) is 0 Å². The molecule has 12 aromatic rings. The molecule has 8 aromatic carbocycles. The van der Waals surface area contributed by atoms with Crippen LogP contribution in [0.4, 0.5) is 0 Å². The van der Waals surface area contributed by atoms with E-state index in [1.165, 1.54) is 20.2 Å². The van der Waals surface area contributed by atoms with E-state index in [2.05, 4.69) is 173 Å². The Labute approximate surface area is 343 Å². The highest BCUT2D eigenvalue weighted by atomic mass is 32.1. The minimum atomic E-state index is 0.620. The Hall–Kier alpha value is -7.74. The zero-order valence-electron chi connectivity index (χ0n) is 31.6. The molecule has 12 rings (SSSR count). The van der Waals surface area contributed by atoms with Gasteiger partial charge in [-0.3, -0.25) is 4.57 Å². The quantitative estimate of drug-likeness (QED) is 0.169. The lowest BCUT2D eigenvalue weighted by Crippen LogP contribution is -2.01. The zero-order valence-corrected chi connectivity index (χ0v) is 32.4. The van der Waals surface area contributed by atoms with Gasteiger partial charge in [0.05, 0.1) is 22.1 Å². The van der Waals surface area contributed by atoms with E-state index in [9.17, 15) is 0 Å². The van der Waals surface area contributed by atoms with Crippen molar-refractivity contribution in [2.24, 2.45) is 0 Å². The van der Waals surface area contributed by atoms with Gasteiger partial charge >= 0.3 is 0 Å². The Morgan fingerprint density at radius 2 is 0.983 bits per heavy atom. The zero-order chi connectivity index (χ0) is 38.9. The van der Waals surface area contributed by atoms with Crippen LogP contribution in [0, 0.1) is 0 Å². The predicted octanol–water partition coefficient (Wildman–Crippen LogP) is 13.3. The third-order valence-corrected chi connectivity index (χ3v) is 12.3. The molecule has 0 saturated carbocycles. The SMILES string of the molecule is c1ccc(-c2nc(-c3ccc4c5ccccc5n(-c5ccccc5)c4c3)nc(-c3cccc4sc5ccc(-c6nc7ccccc7n6-c6ccccc6)cc5c34)n2)cc1. The minimum absolute atomic E-state index is 0.620. The van der Waals surface area contributed by atoms with E-state index in [0.29, 0.717) is 17.5 Å². The van der Waals surface area contributed by atoms with Crippen molar-refractivity contribution in [3.63, 3.8) is 0 Å². The van der Waals surface area contributed by atoms with Gasteiger partial charge in [0.25, 0.3) is 0 Å². The predicted molar refractivity (Wildman–Crippen MR) is 243 cm³/mol. The third kappa shape index (κ3) is 5.47. The standard InChI is InChI=1S/C52H32N6S/c1-4-15-33(16-5-1)49-54-50(34-27-29-39-38-21-10-12-24-43(38)57(45(39)32-34)36-17-6-2-7-18-36)56-51(55-49)40-22-14-26-47-48(40)41-31-35(28-30-46(41)59-47)52-53-42-23-11-13-25-44(42)58(52)37-19-8-3-9-20-37/h1-32H. The van der Waals surface area contributed by atoms with E-state index in [1.54, 1.807) is 11.3 Å². The molecule has 59 heavy (non-hydrogen) atoms. The number of thiophene rings is 1. The summed E-state index contributed by atoms with van der Waals surface area (Å²) in [5.41, 5.74) is 10.3. The topological polar surface area (TPSA) is 61.4 Å². The van der Waals surface area contributed by atoms with Crippen LogP contribution in [-0.2, 0) is 0 Å². The van der Waals surface area contributed by atoms with Gasteiger partial charge in [0.1, 0.15) is 5.82 Å². The molecular formula is C52H32N6S. The lowest BCUT2D eigenvalue weighted by molar-refractivity contribution is 1.08. The first-order valence-corrected chi connectivity index (χ1v) is 20.5. The highest BCUT2D eigenvalue weighted by Crippen LogP contribution is 2.42. The minimum Gasteiger partial charge on any atom is -0.309 e. The van der Waals surface area contributed by atoms with Gasteiger partial charge in [-0.15, -0.1) is 11.3 Å². The maximum Gasteiger partial charge on any atom is 0.164 e. The van der Waals surface area contributed by atoms with Crippen LogP contribution in [-0.4, -0.2) is 29.1 Å². The van der Waals surface area contributed by atoms with Crippen LogP contribution in [0.3, 0.4) is 0 Å². The first-order chi connectivity index (χ1) is 29.2. The van der Waals surface area contributed by atoms with Crippen LogP contribution < -0.4 is 0 Å². The molecule has 0 bridgehead atoms. The molecule has 0 unspecified atom stereocenters. The van der Waals surface area contributed by atoms with Gasteiger partial charge in [-0.2, -0.15) is 0 Å². The fourth-order valence-corrected chi connectivity index (χ4v) is 9.63. The van der Waals surface area contributed by atoms with Crippen LogP contribution in [0.25, 0.3) is 110 Å². The van der Waals surface area contributed by atoms with E-state index in [-0.39, 0.29) is 0 Å². The number of imidazole rings is 1. The van der Waals surface area contributed by atoms with Crippen molar-refractivity contribution in [3.8, 4) is 56.9 Å². The Bertz CT molecular complexity index is 3550. The van der Waals surface area contributed by atoms with E-state index in [4.69, 9.17) is 19.9 Å². The molecule has 0 N–H and O–H groups in total. The van der Waals surface area contributed by atoms with Crippen molar-refractivity contribution < 1.29 is 0 Å². The monoisotopic (exact) mass is 772 g/mol. The van der Waals surface area contributed by atoms with Gasteiger partial charge in [-0.05, 0) is 72.8 Å². The lowest BCUT2D eigenvalue weighted by atomic mass is 10.0. The highest BCUT2D eigenvalue weighted by molar-refractivity contribution is 7.26. The van der Waals surface area contributed by atoms with Crippen molar-refractivity contribution >= 4 is 64.3 Å². The fourth-order valence-electron chi connectivity index (χ4n) is 8.52. The summed E-state index contributed by atoms with van der Waals surface area (Å²) >= 11 is 1.78. The molecule has 0 spiro atoms. The Kier molecular flexibility index (Phi) is 7.61. The van der Waals surface area contributed by atoms with Crippen molar-refractivity contribution in [3.05, 3.63) is 194 Å². The number of hydrogen-bond acceptors (Lipinski definition) is 5. The summed E-state index contributed by atoms with van der Waals surface area (Å²) in [4.78, 5) is 20.9. The van der Waals surface area contributed by atoms with Gasteiger partial charge in [-0.25, -0.2) is 19.9 Å². The summed E-state index contributed by atoms with van der Waals surface area (Å²) in [7, 11) is 0. The molecule has 0 aliphatic heterocycles. The molecule has 0 atom stereocenters. The van der Waals surface area contributed by atoms with Gasteiger partial charge in [0.2, 0.25) is 0 Å². The van der Waals surface area contributed by atoms with Crippen molar-refractivity contribution in [1.82, 2.24) is 29.1 Å². The van der Waals surface area contributed by atoms with Crippen molar-refractivity contribution in [1.29, 1.82) is 0 Å². The molecule has 0 amide bonds. The van der Waals surface area contributed by atoms with Gasteiger partial charge in [0, 0.05) is 64.6 Å². The Morgan fingerprint density at radius 3 is 1.78 bits per heavy atom. The van der Waals surface area contributed by atoms with E-state index >= 15 is 0 Å². The van der Waals surface area contributed by atoms with Crippen LogP contribution in [0.5, 0.6) is 0 Å². The fraction of sp³-hybridized carbons (Fsp3) is 0. The second kappa shape index (κ2) is 13.4. The number of fused-ring (bicyclic) bond motifs is 7. The molecule has 7 heteroatoms. The van der Waals surface area contributed by atoms with Gasteiger partial charge in [-0.1, -0.05) is 121 Å². The Balaban J connectivity index is 1.08. The van der Waals surface area contributed by atoms with Crippen molar-refractivity contribution in [2.75, 3.05) is 0 Å². The van der Waals surface area contributed by atoms with E-state index < -0.39 is 0 Å². The summed E-state index contributed by atoms with van der Waals surface area (Å²) < 4.78 is 6.94. The first kappa shape index (κ1) is 33.4. The summed E-state index contributed by atoms with van der Waals surface area (Å²) in [5, 5.41) is 4.64. The number of hydrogen-bond donors (Lipinski definition) is 0. The number of para-hydroxylation sites is 5. The smallest absolute Gasteiger partial charge is 0.164 e. The summed E-state index contributed by atoms with van der Waals surface area (Å²) in [6, 6.07) is 67.8. The number of benzene rings is 8.